The van der Waals surface area contributed by atoms with Crippen molar-refractivity contribution in [3.63, 3.8) is 0 Å². The molecule has 0 aliphatic carbocycles. The minimum Gasteiger partial charge on any atom is -0.315 e. The topological polar surface area (TPSA) is 22.0 Å². The summed E-state index contributed by atoms with van der Waals surface area (Å²) in [6, 6.07) is 3.49. The van der Waals surface area contributed by atoms with Crippen molar-refractivity contribution in [3.8, 4) is 0 Å². The average molecular weight is 179 g/mol. The summed E-state index contributed by atoms with van der Waals surface area (Å²) in [5.41, 5.74) is 1.25. The lowest BCUT2D eigenvalue weighted by molar-refractivity contribution is 0.507. The van der Waals surface area contributed by atoms with Crippen LogP contribution in [0.25, 0.3) is 0 Å². The number of hydrogen-bond acceptors (Lipinski definition) is 1. The first-order valence-corrected chi connectivity index (χ1v) is 4.76. The van der Waals surface area contributed by atoms with E-state index >= 15 is 0 Å². The van der Waals surface area contributed by atoms with Gasteiger partial charge in [-0.3, -0.25) is 4.79 Å². The fourth-order valence-electron chi connectivity index (χ4n) is 1.22. The predicted octanol–water partition coefficient (Wildman–Crippen LogP) is 2.20. The number of hydrogen-bond donors (Lipinski definition) is 0. The lowest BCUT2D eigenvalue weighted by Gasteiger charge is -2.07. The summed E-state index contributed by atoms with van der Waals surface area (Å²) in [4.78, 5) is 11.3. The van der Waals surface area contributed by atoms with Crippen molar-refractivity contribution in [2.45, 2.75) is 33.7 Å². The van der Waals surface area contributed by atoms with Gasteiger partial charge in [0.1, 0.15) is 0 Å². The third-order valence-electron chi connectivity index (χ3n) is 2.08. The molecule has 0 unspecified atom stereocenters. The van der Waals surface area contributed by atoms with Crippen molar-refractivity contribution < 1.29 is 0 Å². The molecule has 2 nitrogen and oxygen atoms in total. The number of aryl methyl sites for hydroxylation is 2. The average Bonchev–Trinajstić information content (AvgIpc) is 2.06. The van der Waals surface area contributed by atoms with Crippen LogP contribution < -0.4 is 5.56 Å². The molecule has 72 valence electrons. The second kappa shape index (κ2) is 4.26. The third kappa shape index (κ3) is 3.05. The molecule has 0 amide bonds. The zero-order valence-corrected chi connectivity index (χ0v) is 8.58. The smallest absolute Gasteiger partial charge is 0.250 e. The summed E-state index contributed by atoms with van der Waals surface area (Å²) < 4.78 is 1.79. The summed E-state index contributed by atoms with van der Waals surface area (Å²) in [5, 5.41) is 0. The summed E-state index contributed by atoms with van der Waals surface area (Å²) in [6.07, 6.45) is 2.98. The third-order valence-corrected chi connectivity index (χ3v) is 2.08. The molecule has 0 saturated heterocycles. The summed E-state index contributed by atoms with van der Waals surface area (Å²) in [5.74, 6) is 0.646. The van der Waals surface area contributed by atoms with E-state index in [1.807, 2.05) is 19.2 Å². The second-order valence-electron chi connectivity index (χ2n) is 3.92. The largest absolute Gasteiger partial charge is 0.315 e. The Morgan fingerprint density at radius 1 is 1.38 bits per heavy atom. The maximum absolute atomic E-state index is 11.3. The molecular formula is C11H17NO. The van der Waals surface area contributed by atoms with Gasteiger partial charge >= 0.3 is 0 Å². The number of rotatable bonds is 3. The van der Waals surface area contributed by atoms with Gasteiger partial charge in [-0.05, 0) is 24.8 Å². The van der Waals surface area contributed by atoms with Crippen molar-refractivity contribution in [2.75, 3.05) is 0 Å². The molecule has 2 heteroatoms. The normalized spacial score (nSPS) is 10.8. The van der Waals surface area contributed by atoms with E-state index in [4.69, 9.17) is 0 Å². The van der Waals surface area contributed by atoms with E-state index in [9.17, 15) is 4.79 Å². The van der Waals surface area contributed by atoms with Crippen LogP contribution in [-0.4, -0.2) is 4.57 Å². The van der Waals surface area contributed by atoms with Crippen molar-refractivity contribution >= 4 is 0 Å². The van der Waals surface area contributed by atoms with Crippen LogP contribution in [0.15, 0.2) is 23.1 Å². The molecule has 1 aromatic rings. The molecular weight excluding hydrogens is 162 g/mol. The maximum Gasteiger partial charge on any atom is 0.250 e. The van der Waals surface area contributed by atoms with E-state index in [-0.39, 0.29) is 5.56 Å². The van der Waals surface area contributed by atoms with E-state index in [2.05, 4.69) is 13.8 Å². The fourth-order valence-corrected chi connectivity index (χ4v) is 1.22. The molecule has 0 aromatic carbocycles. The van der Waals surface area contributed by atoms with Gasteiger partial charge in [-0.25, -0.2) is 0 Å². The van der Waals surface area contributed by atoms with Gasteiger partial charge in [0.05, 0.1) is 0 Å². The molecule has 0 aliphatic rings. The van der Waals surface area contributed by atoms with Crippen molar-refractivity contribution in [2.24, 2.45) is 5.92 Å². The zero-order chi connectivity index (χ0) is 9.84. The molecule has 0 N–H and O–H groups in total. The lowest BCUT2D eigenvalue weighted by atomic mass is 10.1. The summed E-state index contributed by atoms with van der Waals surface area (Å²) >= 11 is 0. The maximum atomic E-state index is 11.3. The van der Waals surface area contributed by atoms with Crippen LogP contribution in [0.3, 0.4) is 0 Å². The molecule has 0 saturated carbocycles. The Balaban J connectivity index is 2.76. The molecule has 0 aliphatic heterocycles. The standard InChI is InChI=1S/C11H17NO/c1-9(2)6-7-12-8-10(3)4-5-11(12)13/h4-5,8-9H,6-7H2,1-3H3. The highest BCUT2D eigenvalue weighted by Gasteiger charge is 1.97. The van der Waals surface area contributed by atoms with E-state index in [0.717, 1.165) is 18.5 Å². The fraction of sp³-hybridized carbons (Fsp3) is 0.545. The van der Waals surface area contributed by atoms with Crippen LogP contribution >= 0.6 is 0 Å². The molecule has 0 radical (unpaired) electrons. The number of nitrogens with zero attached hydrogens (tertiary/aromatic N) is 1. The Kier molecular flexibility index (Phi) is 3.29. The van der Waals surface area contributed by atoms with Crippen LogP contribution in [0.4, 0.5) is 0 Å². The van der Waals surface area contributed by atoms with E-state index < -0.39 is 0 Å². The lowest BCUT2D eigenvalue weighted by Crippen LogP contribution is -2.19. The Morgan fingerprint density at radius 2 is 2.08 bits per heavy atom. The van der Waals surface area contributed by atoms with Gasteiger partial charge in [-0.2, -0.15) is 0 Å². The van der Waals surface area contributed by atoms with Crippen LogP contribution in [-0.2, 0) is 6.54 Å². The minimum absolute atomic E-state index is 0.103. The highest BCUT2D eigenvalue weighted by molar-refractivity contribution is 5.07. The van der Waals surface area contributed by atoms with Gasteiger partial charge in [0.25, 0.3) is 5.56 Å². The SMILES string of the molecule is Cc1ccc(=O)n(CCC(C)C)c1. The van der Waals surface area contributed by atoms with Gasteiger partial charge in [0.2, 0.25) is 0 Å². The zero-order valence-electron chi connectivity index (χ0n) is 8.58. The molecule has 0 spiro atoms. The molecule has 0 fully saturated rings. The Hall–Kier alpha value is -1.05. The highest BCUT2D eigenvalue weighted by atomic mass is 16.1. The monoisotopic (exact) mass is 179 g/mol. The first-order valence-electron chi connectivity index (χ1n) is 4.76. The molecule has 0 atom stereocenters. The van der Waals surface area contributed by atoms with Crippen molar-refractivity contribution in [1.29, 1.82) is 0 Å². The van der Waals surface area contributed by atoms with E-state index in [1.165, 1.54) is 0 Å². The van der Waals surface area contributed by atoms with Crippen LogP contribution in [0, 0.1) is 12.8 Å². The molecule has 0 bridgehead atoms. The second-order valence-corrected chi connectivity index (χ2v) is 3.92. The first-order chi connectivity index (χ1) is 6.09. The van der Waals surface area contributed by atoms with Crippen molar-refractivity contribution in [3.05, 3.63) is 34.2 Å². The van der Waals surface area contributed by atoms with Gasteiger partial charge in [-0.1, -0.05) is 19.9 Å². The minimum atomic E-state index is 0.103. The molecule has 1 aromatic heterocycles. The molecule has 1 heterocycles. The Morgan fingerprint density at radius 3 is 2.69 bits per heavy atom. The summed E-state index contributed by atoms with van der Waals surface area (Å²) in [6.45, 7) is 7.17. The van der Waals surface area contributed by atoms with Crippen LogP contribution in [0.5, 0.6) is 0 Å². The number of aromatic nitrogens is 1. The van der Waals surface area contributed by atoms with Crippen LogP contribution in [0.1, 0.15) is 25.8 Å². The molecule has 1 rings (SSSR count). The van der Waals surface area contributed by atoms with Gasteiger partial charge in [-0.15, -0.1) is 0 Å². The van der Waals surface area contributed by atoms with E-state index in [1.54, 1.807) is 10.6 Å². The van der Waals surface area contributed by atoms with Crippen molar-refractivity contribution in [1.82, 2.24) is 4.57 Å². The molecule has 13 heavy (non-hydrogen) atoms. The quantitative estimate of drug-likeness (QED) is 0.697. The number of pyridine rings is 1. The first kappa shape index (κ1) is 10.0. The Bertz CT molecular complexity index is 325. The van der Waals surface area contributed by atoms with Gasteiger partial charge in [0, 0.05) is 18.8 Å². The predicted molar refractivity (Wildman–Crippen MR) is 54.9 cm³/mol. The Labute approximate surface area is 79.2 Å². The van der Waals surface area contributed by atoms with Crippen LogP contribution in [0.2, 0.25) is 0 Å². The van der Waals surface area contributed by atoms with E-state index in [0.29, 0.717) is 5.92 Å². The van der Waals surface area contributed by atoms with Gasteiger partial charge < -0.3 is 4.57 Å². The van der Waals surface area contributed by atoms with Gasteiger partial charge in [0.15, 0.2) is 0 Å². The highest BCUT2D eigenvalue weighted by Crippen LogP contribution is 2.01. The summed E-state index contributed by atoms with van der Waals surface area (Å²) in [7, 11) is 0.